The molecule has 2 aromatic rings. The van der Waals surface area contributed by atoms with Crippen LogP contribution in [0.25, 0.3) is 0 Å². The molecular formula is C17H18N2O2. The summed E-state index contributed by atoms with van der Waals surface area (Å²) in [6.07, 6.45) is 0.849. The second kappa shape index (κ2) is 5.13. The lowest BCUT2D eigenvalue weighted by atomic mass is 10.1. The van der Waals surface area contributed by atoms with Crippen molar-refractivity contribution in [3.63, 3.8) is 0 Å². The molecule has 0 fully saturated rings. The summed E-state index contributed by atoms with van der Waals surface area (Å²) >= 11 is 0. The topological polar surface area (TPSA) is 64.3 Å². The Morgan fingerprint density at radius 2 is 2.05 bits per heavy atom. The summed E-state index contributed by atoms with van der Waals surface area (Å²) in [5.74, 6) is 0.725. The van der Waals surface area contributed by atoms with Gasteiger partial charge in [-0.15, -0.1) is 0 Å². The molecule has 1 aliphatic heterocycles. The number of fused-ring (bicyclic) bond motifs is 1. The quantitative estimate of drug-likeness (QED) is 0.832. The van der Waals surface area contributed by atoms with Gasteiger partial charge in [0.25, 0.3) is 5.91 Å². The maximum atomic E-state index is 12.4. The van der Waals surface area contributed by atoms with Crippen molar-refractivity contribution in [2.75, 3.05) is 17.7 Å². The van der Waals surface area contributed by atoms with Crippen molar-refractivity contribution in [1.29, 1.82) is 0 Å². The van der Waals surface area contributed by atoms with Gasteiger partial charge in [-0.25, -0.2) is 0 Å². The van der Waals surface area contributed by atoms with E-state index >= 15 is 0 Å². The van der Waals surface area contributed by atoms with Crippen LogP contribution in [-0.2, 0) is 6.42 Å². The van der Waals surface area contributed by atoms with Gasteiger partial charge < -0.3 is 15.8 Å². The summed E-state index contributed by atoms with van der Waals surface area (Å²) in [5, 5.41) is 2.92. The van der Waals surface area contributed by atoms with E-state index in [-0.39, 0.29) is 5.91 Å². The fraction of sp³-hybridized carbons (Fsp3) is 0.235. The van der Waals surface area contributed by atoms with E-state index in [0.29, 0.717) is 23.5 Å². The number of nitrogen functional groups attached to an aromatic ring is 1. The van der Waals surface area contributed by atoms with E-state index in [1.807, 2.05) is 38.1 Å². The Hall–Kier alpha value is -2.49. The van der Waals surface area contributed by atoms with Gasteiger partial charge >= 0.3 is 0 Å². The Balaban J connectivity index is 1.89. The minimum Gasteiger partial charge on any atom is -0.493 e. The Morgan fingerprint density at radius 1 is 1.24 bits per heavy atom. The lowest BCUT2D eigenvalue weighted by Gasteiger charge is -2.13. The van der Waals surface area contributed by atoms with Crippen molar-refractivity contribution >= 4 is 17.3 Å². The number of hydrogen-bond acceptors (Lipinski definition) is 3. The minimum absolute atomic E-state index is 0.148. The molecule has 3 rings (SSSR count). The lowest BCUT2D eigenvalue weighted by Crippen LogP contribution is -2.14. The normalized spacial score (nSPS) is 12.7. The van der Waals surface area contributed by atoms with Crippen molar-refractivity contribution in [3.05, 3.63) is 52.6 Å². The first-order chi connectivity index (χ1) is 10.1. The molecular weight excluding hydrogens is 264 g/mol. The first-order valence-electron chi connectivity index (χ1n) is 6.99. The summed E-state index contributed by atoms with van der Waals surface area (Å²) in [6.45, 7) is 4.64. The minimum atomic E-state index is -0.148. The Labute approximate surface area is 123 Å². The van der Waals surface area contributed by atoms with Crippen molar-refractivity contribution in [2.45, 2.75) is 20.3 Å². The highest BCUT2D eigenvalue weighted by Gasteiger charge is 2.16. The van der Waals surface area contributed by atoms with E-state index in [1.165, 1.54) is 0 Å². The number of aryl methyl sites for hydroxylation is 1. The zero-order valence-corrected chi connectivity index (χ0v) is 12.2. The largest absolute Gasteiger partial charge is 0.493 e. The molecule has 0 spiro atoms. The number of benzene rings is 2. The Kier molecular flexibility index (Phi) is 3.29. The monoisotopic (exact) mass is 282 g/mol. The standard InChI is InChI=1S/C17H18N2O2/c1-10-3-5-14(18)16(11(10)2)19-17(20)13-4-6-15-12(9-13)7-8-21-15/h3-6,9H,7-8,18H2,1-2H3,(H,19,20). The first-order valence-corrected chi connectivity index (χ1v) is 6.99. The summed E-state index contributed by atoms with van der Waals surface area (Å²) in [6, 6.07) is 9.28. The van der Waals surface area contributed by atoms with Crippen molar-refractivity contribution in [1.82, 2.24) is 0 Å². The highest BCUT2D eigenvalue weighted by molar-refractivity contribution is 6.06. The van der Waals surface area contributed by atoms with Gasteiger partial charge in [0.2, 0.25) is 0 Å². The number of hydrogen-bond donors (Lipinski definition) is 2. The maximum absolute atomic E-state index is 12.4. The molecule has 0 saturated heterocycles. The van der Waals surface area contributed by atoms with E-state index < -0.39 is 0 Å². The second-order valence-electron chi connectivity index (χ2n) is 5.35. The SMILES string of the molecule is Cc1ccc(N)c(NC(=O)c2ccc3c(c2)CCO3)c1C. The first kappa shape index (κ1) is 13.5. The molecule has 3 N–H and O–H groups in total. The third-order valence-corrected chi connectivity index (χ3v) is 3.96. The summed E-state index contributed by atoms with van der Waals surface area (Å²) < 4.78 is 5.45. The van der Waals surface area contributed by atoms with E-state index in [4.69, 9.17) is 10.5 Å². The predicted octanol–water partition coefficient (Wildman–Crippen LogP) is 3.07. The average Bonchev–Trinajstić information content (AvgIpc) is 2.94. The number of carbonyl (C=O) groups excluding carboxylic acids is 1. The molecule has 0 atom stereocenters. The molecule has 0 bridgehead atoms. The number of nitrogens with two attached hydrogens (primary N) is 1. The molecule has 0 saturated carbocycles. The molecule has 2 aromatic carbocycles. The van der Waals surface area contributed by atoms with Gasteiger partial charge in [-0.1, -0.05) is 6.07 Å². The summed E-state index contributed by atoms with van der Waals surface area (Å²) in [7, 11) is 0. The van der Waals surface area contributed by atoms with E-state index in [9.17, 15) is 4.79 Å². The van der Waals surface area contributed by atoms with Crippen LogP contribution in [0.2, 0.25) is 0 Å². The molecule has 4 heteroatoms. The molecule has 0 radical (unpaired) electrons. The zero-order chi connectivity index (χ0) is 15.0. The Morgan fingerprint density at radius 3 is 2.86 bits per heavy atom. The van der Waals surface area contributed by atoms with Crippen LogP contribution in [0.4, 0.5) is 11.4 Å². The van der Waals surface area contributed by atoms with Crippen LogP contribution >= 0.6 is 0 Å². The predicted molar refractivity (Wildman–Crippen MR) is 83.9 cm³/mol. The fourth-order valence-corrected chi connectivity index (χ4v) is 2.52. The van der Waals surface area contributed by atoms with Gasteiger partial charge in [0.1, 0.15) is 5.75 Å². The molecule has 1 amide bonds. The Bertz CT molecular complexity index is 723. The third kappa shape index (κ3) is 2.44. The van der Waals surface area contributed by atoms with Gasteiger partial charge in [0.05, 0.1) is 18.0 Å². The molecule has 1 heterocycles. The molecule has 0 unspecified atom stereocenters. The molecule has 1 aliphatic rings. The maximum Gasteiger partial charge on any atom is 0.255 e. The molecule has 4 nitrogen and oxygen atoms in total. The summed E-state index contributed by atoms with van der Waals surface area (Å²) in [5.41, 5.74) is 11.0. The number of nitrogens with one attached hydrogen (secondary N) is 1. The van der Waals surface area contributed by atoms with Gasteiger partial charge in [0.15, 0.2) is 0 Å². The van der Waals surface area contributed by atoms with E-state index in [0.717, 1.165) is 28.9 Å². The van der Waals surface area contributed by atoms with Crippen molar-refractivity contribution in [2.24, 2.45) is 0 Å². The van der Waals surface area contributed by atoms with Gasteiger partial charge in [-0.05, 0) is 54.8 Å². The van der Waals surface area contributed by atoms with Crippen LogP contribution < -0.4 is 15.8 Å². The number of ether oxygens (including phenoxy) is 1. The third-order valence-electron chi connectivity index (χ3n) is 3.96. The van der Waals surface area contributed by atoms with Crippen molar-refractivity contribution < 1.29 is 9.53 Å². The number of amides is 1. The molecule has 0 aromatic heterocycles. The van der Waals surface area contributed by atoms with Crippen LogP contribution in [0.15, 0.2) is 30.3 Å². The van der Waals surface area contributed by atoms with Crippen LogP contribution in [0.3, 0.4) is 0 Å². The molecule has 0 aliphatic carbocycles. The van der Waals surface area contributed by atoms with Crippen LogP contribution in [0.5, 0.6) is 5.75 Å². The van der Waals surface area contributed by atoms with Gasteiger partial charge in [-0.3, -0.25) is 4.79 Å². The highest BCUT2D eigenvalue weighted by atomic mass is 16.5. The van der Waals surface area contributed by atoms with Crippen molar-refractivity contribution in [3.8, 4) is 5.75 Å². The number of carbonyl (C=O) groups is 1. The van der Waals surface area contributed by atoms with Crippen LogP contribution in [0.1, 0.15) is 27.0 Å². The molecule has 21 heavy (non-hydrogen) atoms. The molecule has 108 valence electrons. The van der Waals surface area contributed by atoms with Gasteiger partial charge in [-0.2, -0.15) is 0 Å². The highest BCUT2D eigenvalue weighted by Crippen LogP contribution is 2.28. The average molecular weight is 282 g/mol. The smallest absolute Gasteiger partial charge is 0.255 e. The van der Waals surface area contributed by atoms with Crippen LogP contribution in [-0.4, -0.2) is 12.5 Å². The zero-order valence-electron chi connectivity index (χ0n) is 12.2. The second-order valence-corrected chi connectivity index (χ2v) is 5.35. The fourth-order valence-electron chi connectivity index (χ4n) is 2.52. The lowest BCUT2D eigenvalue weighted by molar-refractivity contribution is 0.102. The number of anilines is 2. The number of rotatable bonds is 2. The summed E-state index contributed by atoms with van der Waals surface area (Å²) in [4.78, 5) is 12.4. The van der Waals surface area contributed by atoms with Gasteiger partial charge in [0, 0.05) is 12.0 Å². The van der Waals surface area contributed by atoms with E-state index in [2.05, 4.69) is 5.32 Å². The van der Waals surface area contributed by atoms with Crippen LogP contribution in [0, 0.1) is 13.8 Å². The van der Waals surface area contributed by atoms with E-state index in [1.54, 1.807) is 6.07 Å².